The van der Waals surface area contributed by atoms with Gasteiger partial charge in [-0.1, -0.05) is 48.6 Å². The molecule has 1 heterocycles. The molecule has 1 nitrogen and oxygen atoms in total. The first-order valence-corrected chi connectivity index (χ1v) is 4.82. The van der Waals surface area contributed by atoms with Gasteiger partial charge in [-0.05, 0) is 23.4 Å². The summed E-state index contributed by atoms with van der Waals surface area (Å²) in [6.07, 6.45) is 21.1. The monoisotopic (exact) mass is 181 g/mol. The molecule has 3 aliphatic rings. The molecular formula is C13H11N. The molecule has 0 aromatic carbocycles. The van der Waals surface area contributed by atoms with Gasteiger partial charge >= 0.3 is 0 Å². The second kappa shape index (κ2) is 2.61. The van der Waals surface area contributed by atoms with Crippen molar-refractivity contribution in [3.8, 4) is 0 Å². The molecule has 68 valence electrons. The van der Waals surface area contributed by atoms with Gasteiger partial charge in [-0.3, -0.25) is 0 Å². The van der Waals surface area contributed by atoms with Crippen molar-refractivity contribution in [1.82, 2.24) is 5.32 Å². The maximum Gasteiger partial charge on any atom is 0.107 e. The lowest BCUT2D eigenvalue weighted by molar-refractivity contribution is 0.620. The van der Waals surface area contributed by atoms with Crippen LogP contribution in [0.2, 0.25) is 0 Å². The predicted octanol–water partition coefficient (Wildman–Crippen LogP) is 2.39. The van der Waals surface area contributed by atoms with E-state index < -0.39 is 0 Å². The van der Waals surface area contributed by atoms with E-state index in [1.165, 1.54) is 11.1 Å². The quantitative estimate of drug-likeness (QED) is 0.605. The summed E-state index contributed by atoms with van der Waals surface area (Å²) in [6.45, 7) is 0. The molecule has 1 N–H and O–H groups in total. The van der Waals surface area contributed by atoms with Crippen LogP contribution in [0, 0.1) is 0 Å². The Morgan fingerprint density at radius 1 is 0.857 bits per heavy atom. The van der Waals surface area contributed by atoms with E-state index in [4.69, 9.17) is 0 Å². The average molecular weight is 181 g/mol. The van der Waals surface area contributed by atoms with Gasteiger partial charge in [-0.15, -0.1) is 0 Å². The Balaban J connectivity index is 2.22. The summed E-state index contributed by atoms with van der Waals surface area (Å²) in [5, 5.41) is 3.43. The highest BCUT2D eigenvalue weighted by Crippen LogP contribution is 2.36. The Labute approximate surface area is 83.5 Å². The zero-order valence-electron chi connectivity index (χ0n) is 7.77. The van der Waals surface area contributed by atoms with Crippen molar-refractivity contribution in [3.05, 3.63) is 72.0 Å². The van der Waals surface area contributed by atoms with E-state index in [0.29, 0.717) is 0 Å². The van der Waals surface area contributed by atoms with E-state index in [1.807, 2.05) is 12.3 Å². The van der Waals surface area contributed by atoms with Gasteiger partial charge < -0.3 is 5.32 Å². The van der Waals surface area contributed by atoms with Crippen molar-refractivity contribution in [2.24, 2.45) is 0 Å². The maximum atomic E-state index is 3.43. The Bertz CT molecular complexity index is 434. The van der Waals surface area contributed by atoms with Crippen LogP contribution in [0.3, 0.4) is 0 Å². The number of rotatable bonds is 0. The first kappa shape index (κ1) is 7.63. The molecule has 2 aliphatic carbocycles. The third kappa shape index (κ3) is 0.841. The van der Waals surface area contributed by atoms with E-state index in [0.717, 1.165) is 0 Å². The normalized spacial score (nSPS) is 31.4. The summed E-state index contributed by atoms with van der Waals surface area (Å²) in [7, 11) is 0. The zero-order chi connectivity index (χ0) is 9.43. The molecule has 1 unspecified atom stereocenters. The van der Waals surface area contributed by atoms with Crippen molar-refractivity contribution < 1.29 is 0 Å². The summed E-state index contributed by atoms with van der Waals surface area (Å²) >= 11 is 0. The first-order valence-electron chi connectivity index (χ1n) is 4.82. The fourth-order valence-corrected chi connectivity index (χ4v) is 2.16. The third-order valence-corrected chi connectivity index (χ3v) is 2.88. The summed E-state index contributed by atoms with van der Waals surface area (Å²) in [4.78, 5) is 0. The van der Waals surface area contributed by atoms with Gasteiger partial charge in [0.05, 0.1) is 0 Å². The van der Waals surface area contributed by atoms with Gasteiger partial charge in [0.15, 0.2) is 0 Å². The minimum atomic E-state index is -0.0990. The second-order valence-electron chi connectivity index (χ2n) is 3.63. The Hall–Kier alpha value is -1.76. The van der Waals surface area contributed by atoms with Crippen LogP contribution in [0.5, 0.6) is 0 Å². The molecule has 1 spiro atoms. The molecular weight excluding hydrogens is 170 g/mol. The molecule has 3 rings (SSSR count). The van der Waals surface area contributed by atoms with Crippen molar-refractivity contribution in [3.63, 3.8) is 0 Å². The Morgan fingerprint density at radius 3 is 2.57 bits per heavy atom. The zero-order valence-corrected chi connectivity index (χ0v) is 7.77. The predicted molar refractivity (Wildman–Crippen MR) is 58.6 cm³/mol. The van der Waals surface area contributed by atoms with E-state index in [1.54, 1.807) is 0 Å². The van der Waals surface area contributed by atoms with Crippen LogP contribution in [0.1, 0.15) is 0 Å². The standard InChI is InChI=1S/C13H11N/c1-2-9-13-11(5-1)6-3-7-12(13)8-4-10-14-13/h1-10,14H. The maximum absolute atomic E-state index is 3.43. The van der Waals surface area contributed by atoms with Crippen molar-refractivity contribution in [1.29, 1.82) is 0 Å². The lowest BCUT2D eigenvalue weighted by atomic mass is 9.75. The number of hydrogen-bond donors (Lipinski definition) is 1. The average Bonchev–Trinajstić information content (AvgIpc) is 2.26. The van der Waals surface area contributed by atoms with Crippen LogP contribution in [0.4, 0.5) is 0 Å². The highest BCUT2D eigenvalue weighted by Gasteiger charge is 2.35. The third-order valence-electron chi connectivity index (χ3n) is 2.88. The van der Waals surface area contributed by atoms with Crippen LogP contribution in [-0.2, 0) is 0 Å². The number of hydrogen-bond acceptors (Lipinski definition) is 1. The molecule has 0 radical (unpaired) electrons. The largest absolute Gasteiger partial charge is 0.374 e. The van der Waals surface area contributed by atoms with Gasteiger partial charge in [0.2, 0.25) is 0 Å². The molecule has 1 heteroatoms. The van der Waals surface area contributed by atoms with E-state index in [-0.39, 0.29) is 5.54 Å². The van der Waals surface area contributed by atoms with Crippen LogP contribution < -0.4 is 5.32 Å². The first-order chi connectivity index (χ1) is 6.92. The van der Waals surface area contributed by atoms with E-state index >= 15 is 0 Å². The SMILES string of the molecule is C1=CNC23C=CC=CC2=CC=CC3=C1. The van der Waals surface area contributed by atoms with Crippen molar-refractivity contribution in [2.75, 3.05) is 0 Å². The Morgan fingerprint density at radius 2 is 1.64 bits per heavy atom. The summed E-state index contributed by atoms with van der Waals surface area (Å²) in [5.74, 6) is 0. The molecule has 0 bridgehead atoms. The molecule has 1 atom stereocenters. The van der Waals surface area contributed by atoms with Crippen molar-refractivity contribution >= 4 is 0 Å². The van der Waals surface area contributed by atoms with Crippen LogP contribution in [-0.4, -0.2) is 5.54 Å². The molecule has 0 aromatic rings. The molecule has 1 aliphatic heterocycles. The highest BCUT2D eigenvalue weighted by molar-refractivity contribution is 5.61. The molecule has 0 saturated carbocycles. The van der Waals surface area contributed by atoms with Gasteiger partial charge in [0.1, 0.15) is 5.54 Å². The molecule has 0 aromatic heterocycles. The number of nitrogens with one attached hydrogen (secondary N) is 1. The van der Waals surface area contributed by atoms with E-state index in [2.05, 4.69) is 53.9 Å². The Kier molecular flexibility index (Phi) is 1.42. The molecule has 0 fully saturated rings. The van der Waals surface area contributed by atoms with Crippen LogP contribution >= 0.6 is 0 Å². The smallest absolute Gasteiger partial charge is 0.107 e. The fraction of sp³-hybridized carbons (Fsp3) is 0.0769. The lowest BCUT2D eigenvalue weighted by Crippen LogP contribution is -2.46. The molecule has 0 amide bonds. The van der Waals surface area contributed by atoms with E-state index in [9.17, 15) is 0 Å². The number of dihydropyridines is 1. The van der Waals surface area contributed by atoms with Crippen LogP contribution in [0.15, 0.2) is 72.0 Å². The minimum Gasteiger partial charge on any atom is -0.374 e. The van der Waals surface area contributed by atoms with Crippen LogP contribution in [0.25, 0.3) is 0 Å². The van der Waals surface area contributed by atoms with Gasteiger partial charge in [-0.2, -0.15) is 0 Å². The van der Waals surface area contributed by atoms with Gasteiger partial charge in [-0.25, -0.2) is 0 Å². The van der Waals surface area contributed by atoms with Crippen molar-refractivity contribution in [2.45, 2.75) is 5.54 Å². The fourth-order valence-electron chi connectivity index (χ4n) is 2.16. The summed E-state index contributed by atoms with van der Waals surface area (Å²) in [5.41, 5.74) is 2.51. The minimum absolute atomic E-state index is 0.0990. The summed E-state index contributed by atoms with van der Waals surface area (Å²) < 4.78 is 0. The second-order valence-corrected chi connectivity index (χ2v) is 3.63. The summed E-state index contributed by atoms with van der Waals surface area (Å²) in [6, 6.07) is 0. The lowest BCUT2D eigenvalue weighted by Gasteiger charge is -2.38. The molecule has 14 heavy (non-hydrogen) atoms. The highest BCUT2D eigenvalue weighted by atomic mass is 15.0. The van der Waals surface area contributed by atoms with Gasteiger partial charge in [0, 0.05) is 0 Å². The number of allylic oxidation sites excluding steroid dienone is 6. The molecule has 0 saturated heterocycles. The van der Waals surface area contributed by atoms with Gasteiger partial charge in [0.25, 0.3) is 0 Å². The topological polar surface area (TPSA) is 12.0 Å².